The fourth-order valence-corrected chi connectivity index (χ4v) is 3.01. The van der Waals surface area contributed by atoms with Crippen LogP contribution in [0.4, 0.5) is 5.69 Å². The van der Waals surface area contributed by atoms with Gasteiger partial charge in [0.25, 0.3) is 5.91 Å². The summed E-state index contributed by atoms with van der Waals surface area (Å²) in [4.78, 5) is 38.5. The number of methoxy groups -OCH3 is 2. The number of hydrogen-bond acceptors (Lipinski definition) is 5. The monoisotopic (exact) mass is 383 g/mol. The number of benzene rings is 2. The molecule has 1 fully saturated rings. The fourth-order valence-electron chi connectivity index (χ4n) is 3.01. The number of ether oxygens (including phenoxy) is 2. The number of hydrazine groups is 1. The van der Waals surface area contributed by atoms with Gasteiger partial charge in [0.05, 0.1) is 25.7 Å². The molecule has 0 unspecified atom stereocenters. The van der Waals surface area contributed by atoms with E-state index < -0.39 is 17.7 Å². The van der Waals surface area contributed by atoms with Crippen molar-refractivity contribution in [3.05, 3.63) is 54.1 Å². The first-order chi connectivity index (χ1) is 13.5. The molecule has 3 amide bonds. The summed E-state index contributed by atoms with van der Waals surface area (Å²) in [7, 11) is 3.03. The minimum absolute atomic E-state index is 0.0718. The van der Waals surface area contributed by atoms with E-state index in [9.17, 15) is 14.4 Å². The van der Waals surface area contributed by atoms with E-state index in [1.807, 2.05) is 0 Å². The second-order valence-corrected chi connectivity index (χ2v) is 6.25. The van der Waals surface area contributed by atoms with Crippen molar-refractivity contribution in [3.63, 3.8) is 0 Å². The van der Waals surface area contributed by atoms with Crippen molar-refractivity contribution in [1.29, 1.82) is 0 Å². The Bertz CT molecular complexity index is 882. The van der Waals surface area contributed by atoms with Gasteiger partial charge < -0.3 is 14.4 Å². The van der Waals surface area contributed by atoms with E-state index in [4.69, 9.17) is 9.47 Å². The lowest BCUT2D eigenvalue weighted by Crippen LogP contribution is -2.45. The third-order valence-corrected chi connectivity index (χ3v) is 4.53. The molecule has 2 N–H and O–H groups in total. The van der Waals surface area contributed by atoms with Crippen molar-refractivity contribution in [1.82, 2.24) is 10.9 Å². The third kappa shape index (κ3) is 4.06. The molecule has 2 aromatic carbocycles. The van der Waals surface area contributed by atoms with Crippen LogP contribution < -0.4 is 25.2 Å². The Morgan fingerprint density at radius 1 is 1.00 bits per heavy atom. The molecular weight excluding hydrogens is 362 g/mol. The number of nitrogens with zero attached hydrogens (tertiary/aromatic N) is 1. The van der Waals surface area contributed by atoms with Gasteiger partial charge in [0.1, 0.15) is 11.5 Å². The summed E-state index contributed by atoms with van der Waals surface area (Å²) in [5.74, 6) is -0.552. The molecule has 1 aliphatic rings. The van der Waals surface area contributed by atoms with Crippen molar-refractivity contribution in [2.75, 3.05) is 25.7 Å². The molecule has 0 spiro atoms. The highest BCUT2D eigenvalue weighted by Gasteiger charge is 2.35. The van der Waals surface area contributed by atoms with Crippen LogP contribution in [-0.4, -0.2) is 38.5 Å². The van der Waals surface area contributed by atoms with Gasteiger partial charge in [-0.25, -0.2) is 0 Å². The third-order valence-electron chi connectivity index (χ3n) is 4.53. The number of carbonyl (C=O) groups excluding carboxylic acids is 3. The van der Waals surface area contributed by atoms with Gasteiger partial charge >= 0.3 is 0 Å². The highest BCUT2D eigenvalue weighted by atomic mass is 16.5. The van der Waals surface area contributed by atoms with E-state index in [1.165, 1.54) is 7.11 Å². The number of rotatable bonds is 5. The summed E-state index contributed by atoms with van der Waals surface area (Å²) in [5, 5.41) is 0. The van der Waals surface area contributed by atoms with E-state index >= 15 is 0 Å². The summed E-state index contributed by atoms with van der Waals surface area (Å²) in [6.45, 7) is 0.238. The quantitative estimate of drug-likeness (QED) is 0.763. The summed E-state index contributed by atoms with van der Waals surface area (Å²) in [6, 6.07) is 13.7. The lowest BCUT2D eigenvalue weighted by molar-refractivity contribution is -0.126. The Morgan fingerprint density at radius 3 is 2.39 bits per heavy atom. The molecule has 3 rings (SSSR count). The van der Waals surface area contributed by atoms with Crippen LogP contribution in [0.1, 0.15) is 16.8 Å². The molecule has 2 aromatic rings. The standard InChI is InChI=1S/C20H21N3O5/c1-27-15-9-7-14(8-10-15)23-12-13(11-18(23)24)19(25)21-22-20(26)16-5-3-4-6-17(16)28-2/h3-10,13H,11-12H2,1-2H3,(H,21,25)(H,22,26)/t13-/m1/s1. The maximum atomic E-state index is 12.4. The van der Waals surface area contributed by atoms with Crippen LogP contribution in [-0.2, 0) is 9.59 Å². The van der Waals surface area contributed by atoms with E-state index in [0.29, 0.717) is 22.7 Å². The Kier molecular flexibility index (Phi) is 5.78. The van der Waals surface area contributed by atoms with Crippen molar-refractivity contribution in [2.24, 2.45) is 5.92 Å². The van der Waals surface area contributed by atoms with Gasteiger partial charge in [-0.1, -0.05) is 12.1 Å². The SMILES string of the molecule is COc1ccc(N2C[C@H](C(=O)NNC(=O)c3ccccc3OC)CC2=O)cc1. The van der Waals surface area contributed by atoms with E-state index in [0.717, 1.165) is 0 Å². The Labute approximate surface area is 162 Å². The van der Waals surface area contributed by atoms with Crippen molar-refractivity contribution < 1.29 is 23.9 Å². The Hall–Kier alpha value is -3.55. The fraction of sp³-hybridized carbons (Fsp3) is 0.250. The first-order valence-electron chi connectivity index (χ1n) is 8.71. The molecule has 0 aliphatic carbocycles. The first kappa shape index (κ1) is 19.2. The zero-order chi connectivity index (χ0) is 20.1. The van der Waals surface area contributed by atoms with Gasteiger partial charge in [-0.3, -0.25) is 25.2 Å². The van der Waals surface area contributed by atoms with E-state index in [2.05, 4.69) is 10.9 Å². The van der Waals surface area contributed by atoms with Crippen LogP contribution >= 0.6 is 0 Å². The molecule has 1 aliphatic heterocycles. The molecule has 0 saturated carbocycles. The highest BCUT2D eigenvalue weighted by Crippen LogP contribution is 2.26. The Balaban J connectivity index is 1.59. The average molecular weight is 383 g/mol. The number of nitrogens with one attached hydrogen (secondary N) is 2. The summed E-state index contributed by atoms with van der Waals surface area (Å²) in [5.41, 5.74) is 5.75. The highest BCUT2D eigenvalue weighted by molar-refractivity contribution is 6.01. The summed E-state index contributed by atoms with van der Waals surface area (Å²) < 4.78 is 10.2. The van der Waals surface area contributed by atoms with Crippen LogP contribution in [0.15, 0.2) is 48.5 Å². The second-order valence-electron chi connectivity index (χ2n) is 6.25. The van der Waals surface area contributed by atoms with E-state index in [1.54, 1.807) is 60.5 Å². The van der Waals surface area contributed by atoms with Crippen molar-refractivity contribution in [3.8, 4) is 11.5 Å². The molecule has 8 heteroatoms. The zero-order valence-corrected chi connectivity index (χ0v) is 15.6. The van der Waals surface area contributed by atoms with Gasteiger partial charge in [-0.05, 0) is 36.4 Å². The molecule has 1 atom stereocenters. The topological polar surface area (TPSA) is 97.0 Å². The summed E-state index contributed by atoms with van der Waals surface area (Å²) >= 11 is 0. The maximum Gasteiger partial charge on any atom is 0.273 e. The smallest absolute Gasteiger partial charge is 0.273 e. The Morgan fingerprint density at radius 2 is 1.71 bits per heavy atom. The first-order valence-corrected chi connectivity index (χ1v) is 8.71. The number of para-hydroxylation sites is 1. The number of anilines is 1. The van der Waals surface area contributed by atoms with Crippen molar-refractivity contribution in [2.45, 2.75) is 6.42 Å². The number of hydrogen-bond donors (Lipinski definition) is 2. The van der Waals surface area contributed by atoms with Crippen LogP contribution in [0.5, 0.6) is 11.5 Å². The van der Waals surface area contributed by atoms with Gasteiger partial charge in [-0.2, -0.15) is 0 Å². The van der Waals surface area contributed by atoms with Crippen LogP contribution in [0.25, 0.3) is 0 Å². The molecule has 1 saturated heterocycles. The minimum Gasteiger partial charge on any atom is -0.497 e. The lowest BCUT2D eigenvalue weighted by Gasteiger charge is -2.17. The molecule has 8 nitrogen and oxygen atoms in total. The van der Waals surface area contributed by atoms with Crippen molar-refractivity contribution >= 4 is 23.4 Å². The molecule has 0 aromatic heterocycles. The number of carbonyl (C=O) groups is 3. The predicted octanol–water partition coefficient (Wildman–Crippen LogP) is 1.52. The van der Waals surface area contributed by atoms with Crippen LogP contribution in [0.2, 0.25) is 0 Å². The van der Waals surface area contributed by atoms with Crippen LogP contribution in [0, 0.1) is 5.92 Å². The van der Waals surface area contributed by atoms with Gasteiger partial charge in [0.15, 0.2) is 0 Å². The maximum absolute atomic E-state index is 12.4. The predicted molar refractivity (Wildman–Crippen MR) is 102 cm³/mol. The van der Waals surface area contributed by atoms with Gasteiger partial charge in [-0.15, -0.1) is 0 Å². The average Bonchev–Trinajstić information content (AvgIpc) is 3.13. The largest absolute Gasteiger partial charge is 0.497 e. The summed E-state index contributed by atoms with van der Waals surface area (Å²) in [6.07, 6.45) is 0.0718. The molecule has 0 radical (unpaired) electrons. The molecule has 146 valence electrons. The van der Waals surface area contributed by atoms with Gasteiger partial charge in [0, 0.05) is 18.7 Å². The molecule has 1 heterocycles. The zero-order valence-electron chi connectivity index (χ0n) is 15.6. The number of amides is 3. The minimum atomic E-state index is -0.562. The normalized spacial score (nSPS) is 15.9. The molecule has 0 bridgehead atoms. The molecule has 28 heavy (non-hydrogen) atoms. The van der Waals surface area contributed by atoms with Gasteiger partial charge in [0.2, 0.25) is 11.8 Å². The molecular formula is C20H21N3O5. The van der Waals surface area contributed by atoms with E-state index in [-0.39, 0.29) is 18.9 Å². The second kappa shape index (κ2) is 8.43. The lowest BCUT2D eigenvalue weighted by atomic mass is 10.1. The van der Waals surface area contributed by atoms with Crippen LogP contribution in [0.3, 0.4) is 0 Å².